The number of hydrogen-bond acceptors (Lipinski definition) is 5. The number of carbonyl (C=O) groups excluding carboxylic acids is 2. The van der Waals surface area contributed by atoms with Gasteiger partial charge in [0.25, 0.3) is 5.91 Å². The molecule has 2 heterocycles. The number of halogens is 1. The van der Waals surface area contributed by atoms with Gasteiger partial charge < -0.3 is 15.0 Å². The lowest BCUT2D eigenvalue weighted by atomic mass is 9.79. The highest BCUT2D eigenvalue weighted by atomic mass is 35.5. The van der Waals surface area contributed by atoms with Gasteiger partial charge in [-0.05, 0) is 37.5 Å². The standard InChI is InChI=1S/C25H37ClN4O3/c26-22-7-4-6-21(18-22)24(32)29-11-5-10-28(12-13-29)19-23(31)27-20-25(8-2-1-3-9-25)30-14-16-33-17-15-30/h4,6-7,18H,1-3,5,8-17,19-20H2,(H,27,31). The molecule has 7 nitrogen and oxygen atoms in total. The van der Waals surface area contributed by atoms with E-state index in [0.29, 0.717) is 36.8 Å². The Morgan fingerprint density at radius 1 is 0.970 bits per heavy atom. The van der Waals surface area contributed by atoms with E-state index in [-0.39, 0.29) is 17.4 Å². The van der Waals surface area contributed by atoms with Crippen LogP contribution in [-0.4, -0.2) is 97.6 Å². The van der Waals surface area contributed by atoms with Crippen molar-refractivity contribution >= 4 is 23.4 Å². The summed E-state index contributed by atoms with van der Waals surface area (Å²) in [6, 6.07) is 7.10. The second-order valence-corrected chi connectivity index (χ2v) is 10.0. The van der Waals surface area contributed by atoms with E-state index in [4.69, 9.17) is 16.3 Å². The molecule has 1 N–H and O–H groups in total. The van der Waals surface area contributed by atoms with E-state index in [1.165, 1.54) is 19.3 Å². The molecule has 4 rings (SSSR count). The van der Waals surface area contributed by atoms with Crippen LogP contribution in [0.4, 0.5) is 0 Å². The molecule has 3 fully saturated rings. The lowest BCUT2D eigenvalue weighted by Gasteiger charge is -2.48. The van der Waals surface area contributed by atoms with Crippen LogP contribution in [0.5, 0.6) is 0 Å². The molecule has 2 aliphatic heterocycles. The SMILES string of the molecule is O=C(CN1CCCN(C(=O)c2cccc(Cl)c2)CC1)NCC1(N2CCOCC2)CCCCC1. The maximum absolute atomic E-state index is 12.9. The van der Waals surface area contributed by atoms with Crippen molar-refractivity contribution in [3.8, 4) is 0 Å². The zero-order valence-corrected chi connectivity index (χ0v) is 20.3. The molecule has 0 aromatic heterocycles. The number of amides is 2. The maximum atomic E-state index is 12.9. The van der Waals surface area contributed by atoms with Gasteiger partial charge in [0.2, 0.25) is 5.91 Å². The summed E-state index contributed by atoms with van der Waals surface area (Å²) < 4.78 is 5.56. The van der Waals surface area contributed by atoms with Gasteiger partial charge in [-0.2, -0.15) is 0 Å². The van der Waals surface area contributed by atoms with Crippen LogP contribution in [0.2, 0.25) is 5.02 Å². The van der Waals surface area contributed by atoms with Crippen LogP contribution >= 0.6 is 11.6 Å². The minimum Gasteiger partial charge on any atom is -0.379 e. The van der Waals surface area contributed by atoms with Crippen LogP contribution in [0.3, 0.4) is 0 Å². The molecule has 3 aliphatic rings. The van der Waals surface area contributed by atoms with Crippen molar-refractivity contribution in [3.63, 3.8) is 0 Å². The Morgan fingerprint density at radius 2 is 1.76 bits per heavy atom. The third kappa shape index (κ3) is 6.47. The maximum Gasteiger partial charge on any atom is 0.253 e. The highest BCUT2D eigenvalue weighted by molar-refractivity contribution is 6.30. The van der Waals surface area contributed by atoms with Crippen molar-refractivity contribution in [2.24, 2.45) is 0 Å². The normalized spacial score (nSPS) is 22.5. The van der Waals surface area contributed by atoms with Crippen LogP contribution in [0, 0.1) is 0 Å². The summed E-state index contributed by atoms with van der Waals surface area (Å²) in [5, 5.41) is 3.84. The van der Waals surface area contributed by atoms with Gasteiger partial charge in [0.05, 0.1) is 19.8 Å². The molecule has 0 unspecified atom stereocenters. The predicted molar refractivity (Wildman–Crippen MR) is 130 cm³/mol. The molecule has 1 saturated carbocycles. The molecular weight excluding hydrogens is 440 g/mol. The molecule has 1 aliphatic carbocycles. The molecule has 2 saturated heterocycles. The number of carbonyl (C=O) groups is 2. The Kier molecular flexibility index (Phi) is 8.63. The minimum absolute atomic E-state index is 0.00792. The number of nitrogens with zero attached hydrogens (tertiary/aromatic N) is 3. The number of morpholine rings is 1. The second kappa shape index (κ2) is 11.6. The van der Waals surface area contributed by atoms with E-state index < -0.39 is 0 Å². The predicted octanol–water partition coefficient (Wildman–Crippen LogP) is 2.64. The highest BCUT2D eigenvalue weighted by Gasteiger charge is 2.38. The molecule has 1 aromatic carbocycles. The summed E-state index contributed by atoms with van der Waals surface area (Å²) in [6.07, 6.45) is 6.91. The van der Waals surface area contributed by atoms with Gasteiger partial charge in [-0.25, -0.2) is 0 Å². The second-order valence-electron chi connectivity index (χ2n) is 9.59. The van der Waals surface area contributed by atoms with Gasteiger partial charge in [0, 0.05) is 61.9 Å². The highest BCUT2D eigenvalue weighted by Crippen LogP contribution is 2.33. The summed E-state index contributed by atoms with van der Waals surface area (Å²) in [7, 11) is 0. The molecule has 8 heteroatoms. The number of hydrogen-bond donors (Lipinski definition) is 1. The molecule has 0 atom stereocenters. The average molecular weight is 477 g/mol. The quantitative estimate of drug-likeness (QED) is 0.683. The fourth-order valence-electron chi connectivity index (χ4n) is 5.51. The molecule has 0 bridgehead atoms. The van der Waals surface area contributed by atoms with Crippen LogP contribution in [0.15, 0.2) is 24.3 Å². The monoisotopic (exact) mass is 476 g/mol. The van der Waals surface area contributed by atoms with Gasteiger partial charge in [0.15, 0.2) is 0 Å². The van der Waals surface area contributed by atoms with Crippen LogP contribution in [-0.2, 0) is 9.53 Å². The molecule has 0 spiro atoms. The van der Waals surface area contributed by atoms with Gasteiger partial charge in [-0.1, -0.05) is 36.9 Å². The minimum atomic E-state index is 0.00792. The number of nitrogens with one attached hydrogen (secondary N) is 1. The molecular formula is C25H37ClN4O3. The molecule has 2 amide bonds. The Labute approximate surface area is 202 Å². The van der Waals surface area contributed by atoms with Gasteiger partial charge in [-0.3, -0.25) is 19.4 Å². The van der Waals surface area contributed by atoms with E-state index in [0.717, 1.165) is 58.7 Å². The smallest absolute Gasteiger partial charge is 0.253 e. The molecule has 0 radical (unpaired) electrons. The summed E-state index contributed by atoms with van der Waals surface area (Å²) >= 11 is 6.05. The van der Waals surface area contributed by atoms with E-state index >= 15 is 0 Å². The average Bonchev–Trinajstić information content (AvgIpc) is 3.09. The third-order valence-corrected chi connectivity index (χ3v) is 7.63. The zero-order valence-electron chi connectivity index (χ0n) is 19.6. The van der Waals surface area contributed by atoms with Gasteiger partial charge in [0.1, 0.15) is 0 Å². The lowest BCUT2D eigenvalue weighted by molar-refractivity contribution is -0.123. The number of benzene rings is 1. The van der Waals surface area contributed by atoms with E-state index in [1.54, 1.807) is 24.3 Å². The number of rotatable bonds is 6. The first-order chi connectivity index (χ1) is 16.1. The number of ether oxygens (including phenoxy) is 1. The van der Waals surface area contributed by atoms with Crippen molar-refractivity contribution in [2.75, 3.05) is 65.6 Å². The zero-order chi connectivity index (χ0) is 23.1. The molecule has 1 aromatic rings. The fraction of sp³-hybridized carbons (Fsp3) is 0.680. The summed E-state index contributed by atoms with van der Waals surface area (Å²) in [5.74, 6) is 0.0939. The Hall–Kier alpha value is -1.67. The van der Waals surface area contributed by atoms with Crippen molar-refractivity contribution in [2.45, 2.75) is 44.1 Å². The summed E-state index contributed by atoms with van der Waals surface area (Å²) in [5.41, 5.74) is 0.700. The summed E-state index contributed by atoms with van der Waals surface area (Å²) in [6.45, 7) is 7.44. The van der Waals surface area contributed by atoms with Crippen molar-refractivity contribution in [3.05, 3.63) is 34.9 Å². The first kappa shape index (κ1) is 24.5. The van der Waals surface area contributed by atoms with E-state index in [2.05, 4.69) is 15.1 Å². The van der Waals surface area contributed by atoms with Crippen LogP contribution in [0.25, 0.3) is 0 Å². The fourth-order valence-corrected chi connectivity index (χ4v) is 5.70. The van der Waals surface area contributed by atoms with Crippen molar-refractivity contribution < 1.29 is 14.3 Å². The van der Waals surface area contributed by atoms with Crippen LogP contribution < -0.4 is 5.32 Å². The third-order valence-electron chi connectivity index (χ3n) is 7.40. The molecule has 182 valence electrons. The van der Waals surface area contributed by atoms with E-state index in [1.807, 2.05) is 4.90 Å². The van der Waals surface area contributed by atoms with E-state index in [9.17, 15) is 9.59 Å². The van der Waals surface area contributed by atoms with Gasteiger partial charge >= 0.3 is 0 Å². The van der Waals surface area contributed by atoms with Crippen molar-refractivity contribution in [1.29, 1.82) is 0 Å². The van der Waals surface area contributed by atoms with Crippen molar-refractivity contribution in [1.82, 2.24) is 20.0 Å². The Balaban J connectivity index is 1.27. The molecule has 33 heavy (non-hydrogen) atoms. The van der Waals surface area contributed by atoms with Crippen LogP contribution in [0.1, 0.15) is 48.9 Å². The van der Waals surface area contributed by atoms with Gasteiger partial charge in [-0.15, -0.1) is 0 Å². The summed E-state index contributed by atoms with van der Waals surface area (Å²) in [4.78, 5) is 32.3. The Bertz CT molecular complexity index is 809. The largest absolute Gasteiger partial charge is 0.379 e. The first-order valence-corrected chi connectivity index (χ1v) is 12.8. The lowest BCUT2D eigenvalue weighted by Crippen LogP contribution is -2.60. The topological polar surface area (TPSA) is 65.1 Å². The first-order valence-electron chi connectivity index (χ1n) is 12.4. The Morgan fingerprint density at radius 3 is 2.52 bits per heavy atom.